The number of aromatic nitrogens is 1. The van der Waals surface area contributed by atoms with Crippen LogP contribution in [0.4, 0.5) is 0 Å². The summed E-state index contributed by atoms with van der Waals surface area (Å²) < 4.78 is 31.6. The summed E-state index contributed by atoms with van der Waals surface area (Å²) >= 11 is 0. The number of nitrogens with zero attached hydrogens (tertiary/aromatic N) is 1. The molecule has 2 aromatic heterocycles. The summed E-state index contributed by atoms with van der Waals surface area (Å²) in [5.41, 5.74) is -0.536. The van der Waals surface area contributed by atoms with Crippen molar-refractivity contribution in [2.75, 3.05) is 7.11 Å². The first-order valence-electron chi connectivity index (χ1n) is 17.5. The van der Waals surface area contributed by atoms with Crippen LogP contribution in [0.3, 0.4) is 0 Å². The number of benzene rings is 1. The van der Waals surface area contributed by atoms with Gasteiger partial charge in [0.05, 0.1) is 18.1 Å². The Kier molecular flexibility index (Phi) is 8.98. The number of esters is 1. The van der Waals surface area contributed by atoms with E-state index in [0.717, 1.165) is 50.5 Å². The minimum Gasteiger partial charge on any atom is -0.482 e. The Bertz CT molecular complexity index is 1660. The third kappa shape index (κ3) is 5.67. The van der Waals surface area contributed by atoms with Crippen LogP contribution < -0.4 is 10.4 Å². The smallest absolute Gasteiger partial charge is 0.345 e. The molecule has 0 bridgehead atoms. The summed E-state index contributed by atoms with van der Waals surface area (Å²) in [5, 5.41) is 12.3. The van der Waals surface area contributed by atoms with E-state index in [-0.39, 0.29) is 41.1 Å². The lowest BCUT2D eigenvalue weighted by Crippen LogP contribution is -2.69. The van der Waals surface area contributed by atoms with E-state index in [0.29, 0.717) is 17.7 Å². The van der Waals surface area contributed by atoms with Crippen LogP contribution in [0.1, 0.15) is 95.7 Å². The first-order chi connectivity index (χ1) is 23.1. The number of hydrogen-bond acceptors (Lipinski definition) is 9. The predicted octanol–water partition coefficient (Wildman–Crippen LogP) is 7.18. The van der Waals surface area contributed by atoms with Crippen LogP contribution in [0.5, 0.6) is 5.75 Å². The summed E-state index contributed by atoms with van der Waals surface area (Å²) in [6, 6.07) is 15.1. The van der Waals surface area contributed by atoms with Crippen molar-refractivity contribution < 1.29 is 33.3 Å². The lowest BCUT2D eigenvalue weighted by Gasteiger charge is -2.64. The third-order valence-electron chi connectivity index (χ3n) is 12.1. The van der Waals surface area contributed by atoms with Crippen molar-refractivity contribution in [2.24, 2.45) is 29.1 Å². The molecule has 9 nitrogen and oxygen atoms in total. The zero-order chi connectivity index (χ0) is 33.6. The number of rotatable bonds is 7. The van der Waals surface area contributed by atoms with Crippen molar-refractivity contribution in [3.8, 4) is 17.1 Å². The van der Waals surface area contributed by atoms with Crippen LogP contribution in [0.25, 0.3) is 11.3 Å². The maximum absolute atomic E-state index is 13.8. The third-order valence-corrected chi connectivity index (χ3v) is 12.1. The Morgan fingerprint density at radius 1 is 1.06 bits per heavy atom. The monoisotopic (exact) mass is 657 g/mol. The van der Waals surface area contributed by atoms with Gasteiger partial charge in [-0.25, -0.2) is 4.79 Å². The van der Waals surface area contributed by atoms with E-state index in [1.165, 1.54) is 0 Å². The summed E-state index contributed by atoms with van der Waals surface area (Å²) in [5.74, 6) is -0.315. The summed E-state index contributed by atoms with van der Waals surface area (Å²) in [4.78, 5) is 31.6. The van der Waals surface area contributed by atoms with Gasteiger partial charge in [0.15, 0.2) is 6.29 Å². The van der Waals surface area contributed by atoms with Crippen LogP contribution in [-0.2, 0) is 19.0 Å². The molecule has 3 heterocycles. The number of fused-ring (bicyclic) bond motifs is 4. The minimum atomic E-state index is -1.19. The number of aliphatic hydroxyl groups excluding tert-OH is 1. The molecule has 3 saturated carbocycles. The van der Waals surface area contributed by atoms with E-state index in [9.17, 15) is 14.7 Å². The highest BCUT2D eigenvalue weighted by molar-refractivity contribution is 5.73. The lowest BCUT2D eigenvalue weighted by atomic mass is 9.46. The van der Waals surface area contributed by atoms with Crippen molar-refractivity contribution in [2.45, 2.75) is 102 Å². The van der Waals surface area contributed by atoms with E-state index >= 15 is 0 Å². The van der Waals surface area contributed by atoms with Crippen LogP contribution in [0.2, 0.25) is 0 Å². The predicted molar refractivity (Wildman–Crippen MR) is 178 cm³/mol. The Labute approximate surface area is 282 Å². The molecule has 9 atom stereocenters. The molecule has 1 aliphatic heterocycles. The summed E-state index contributed by atoms with van der Waals surface area (Å²) in [6.45, 7) is 6.33. The largest absolute Gasteiger partial charge is 0.482 e. The SMILES string of the molecule is COC(OC1CCC2(C)C(CC(OC(=O)C3CCCCC3)[C@@]3(C)Oc4cc(-c5cccnc5)oc(=O)c4C(O)C23)C1C)c1ccccc1. The van der Waals surface area contributed by atoms with Crippen LogP contribution in [0.15, 0.2) is 70.1 Å². The highest BCUT2D eigenvalue weighted by Crippen LogP contribution is 2.65. The second-order valence-electron chi connectivity index (χ2n) is 14.8. The number of carbonyl (C=O) groups excluding carboxylic acids is 1. The summed E-state index contributed by atoms with van der Waals surface area (Å²) in [6.07, 6.45) is 7.55. The van der Waals surface area contributed by atoms with E-state index in [4.69, 9.17) is 23.4 Å². The first-order valence-corrected chi connectivity index (χ1v) is 17.5. The molecule has 3 fully saturated rings. The molecule has 3 aromatic rings. The standard InChI is InChI=1S/C39H47NO8/c1-23-27-20-31(47-35(42)24-12-7-5-8-13-24)39(3)34(38(27,2)18-17-28(23)46-37(44-4)25-14-9-6-10-15-25)33(41)32-30(48-39)21-29(45-36(32)43)26-16-11-19-40-22-26/h6,9-11,14-16,19,21-24,27-28,31,33-34,37,41H,5,7-8,12-13,17-18,20H2,1-4H3/t23?,27?,28?,31?,33?,34?,37?,38?,39-/m1/s1. The number of aliphatic hydroxyl groups is 1. The first kappa shape index (κ1) is 33.0. The second kappa shape index (κ2) is 13.1. The zero-order valence-corrected chi connectivity index (χ0v) is 28.3. The maximum Gasteiger partial charge on any atom is 0.345 e. The van der Waals surface area contributed by atoms with Gasteiger partial charge in [-0.3, -0.25) is 9.78 Å². The lowest BCUT2D eigenvalue weighted by molar-refractivity contribution is -0.264. The number of methoxy groups -OCH3 is 1. The molecule has 1 aromatic carbocycles. The molecule has 7 rings (SSSR count). The molecule has 256 valence electrons. The second-order valence-corrected chi connectivity index (χ2v) is 14.8. The molecule has 9 heteroatoms. The molecule has 0 saturated heterocycles. The quantitative estimate of drug-likeness (QED) is 0.208. The van der Waals surface area contributed by atoms with Gasteiger partial charge < -0.3 is 28.5 Å². The van der Waals surface area contributed by atoms with Gasteiger partial charge in [-0.15, -0.1) is 0 Å². The zero-order valence-electron chi connectivity index (χ0n) is 28.3. The fourth-order valence-electron chi connectivity index (χ4n) is 9.61. The van der Waals surface area contributed by atoms with Gasteiger partial charge in [0.1, 0.15) is 28.8 Å². The average Bonchev–Trinajstić information content (AvgIpc) is 3.09. The Morgan fingerprint density at radius 2 is 1.83 bits per heavy atom. The van der Waals surface area contributed by atoms with E-state index in [1.807, 2.05) is 37.3 Å². The Balaban J connectivity index is 1.26. The van der Waals surface area contributed by atoms with Crippen molar-refractivity contribution >= 4 is 5.97 Å². The van der Waals surface area contributed by atoms with Gasteiger partial charge >= 0.3 is 11.6 Å². The number of hydrogen-bond donors (Lipinski definition) is 1. The molecule has 0 amide bonds. The molecule has 0 spiro atoms. The number of carbonyl (C=O) groups is 1. The normalized spacial score (nSPS) is 33.8. The highest BCUT2D eigenvalue weighted by atomic mass is 16.7. The van der Waals surface area contributed by atoms with Crippen molar-refractivity contribution in [1.82, 2.24) is 4.98 Å². The number of ether oxygens (including phenoxy) is 4. The van der Waals surface area contributed by atoms with E-state index in [1.54, 1.807) is 37.7 Å². The van der Waals surface area contributed by atoms with Crippen molar-refractivity contribution in [3.63, 3.8) is 0 Å². The molecular formula is C39H47NO8. The fraction of sp³-hybridized carbons (Fsp3) is 0.564. The van der Waals surface area contributed by atoms with Gasteiger partial charge in [-0.05, 0) is 68.4 Å². The highest BCUT2D eigenvalue weighted by Gasteiger charge is 2.68. The molecule has 1 N–H and O–H groups in total. The topological polar surface area (TPSA) is 117 Å². The molecule has 8 unspecified atom stereocenters. The fourth-order valence-corrected chi connectivity index (χ4v) is 9.61. The number of pyridine rings is 1. The average molecular weight is 658 g/mol. The van der Waals surface area contributed by atoms with E-state index < -0.39 is 41.1 Å². The van der Waals surface area contributed by atoms with Gasteiger partial charge in [0.25, 0.3) is 0 Å². The van der Waals surface area contributed by atoms with Crippen LogP contribution in [-0.4, -0.2) is 41.0 Å². The van der Waals surface area contributed by atoms with Crippen LogP contribution >= 0.6 is 0 Å². The van der Waals surface area contributed by atoms with Gasteiger partial charge in [0.2, 0.25) is 0 Å². The van der Waals surface area contributed by atoms with Crippen LogP contribution in [0, 0.1) is 29.1 Å². The molecule has 48 heavy (non-hydrogen) atoms. The van der Waals surface area contributed by atoms with Crippen molar-refractivity contribution in [3.05, 3.63) is 82.5 Å². The van der Waals surface area contributed by atoms with Crippen molar-refractivity contribution in [1.29, 1.82) is 0 Å². The van der Waals surface area contributed by atoms with Gasteiger partial charge in [-0.2, -0.15) is 0 Å². The Morgan fingerprint density at radius 3 is 2.54 bits per heavy atom. The maximum atomic E-state index is 13.8. The minimum absolute atomic E-state index is 0.00623. The molecule has 4 aliphatic rings. The molecule has 0 radical (unpaired) electrons. The Hall–Kier alpha value is -3.53. The van der Waals surface area contributed by atoms with Gasteiger partial charge in [-0.1, -0.05) is 63.4 Å². The molecule has 3 aliphatic carbocycles. The summed E-state index contributed by atoms with van der Waals surface area (Å²) in [7, 11) is 1.65. The molecular weight excluding hydrogens is 610 g/mol. The van der Waals surface area contributed by atoms with Gasteiger partial charge in [0, 0.05) is 42.6 Å². The van der Waals surface area contributed by atoms with E-state index in [2.05, 4.69) is 18.8 Å².